The van der Waals surface area contributed by atoms with Crippen LogP contribution in [0.1, 0.15) is 27.0 Å². The van der Waals surface area contributed by atoms with E-state index < -0.39 is 11.7 Å². The zero-order valence-corrected chi connectivity index (χ0v) is 14.9. The van der Waals surface area contributed by atoms with Crippen molar-refractivity contribution in [2.24, 2.45) is 0 Å². The summed E-state index contributed by atoms with van der Waals surface area (Å²) in [4.78, 5) is 12.9. The van der Waals surface area contributed by atoms with Gasteiger partial charge in [-0.3, -0.25) is 4.79 Å². The van der Waals surface area contributed by atoms with Gasteiger partial charge in [-0.05, 0) is 35.4 Å². The first kappa shape index (κ1) is 18.8. The van der Waals surface area contributed by atoms with Crippen LogP contribution in [-0.2, 0) is 12.6 Å². The van der Waals surface area contributed by atoms with Crippen LogP contribution in [0.4, 0.5) is 13.2 Å². The second-order valence-electron chi connectivity index (χ2n) is 5.97. The van der Waals surface area contributed by atoms with Crippen LogP contribution >= 0.6 is 0 Å². The maximum atomic E-state index is 12.9. The number of alkyl halides is 3. The summed E-state index contributed by atoms with van der Waals surface area (Å²) in [5.74, 6) is 0.801. The molecular formula is C20H17F3O4. The lowest BCUT2D eigenvalue weighted by Crippen LogP contribution is -2.04. The number of allylic oxidation sites excluding steroid dienone is 1. The van der Waals surface area contributed by atoms with Crippen LogP contribution in [0, 0.1) is 0 Å². The molecule has 0 unspecified atom stereocenters. The Bertz CT molecular complexity index is 912. The van der Waals surface area contributed by atoms with Gasteiger partial charge in [0, 0.05) is 12.0 Å². The molecule has 4 nitrogen and oxygen atoms in total. The van der Waals surface area contributed by atoms with Crippen LogP contribution < -0.4 is 14.2 Å². The smallest absolute Gasteiger partial charge is 0.416 e. The molecule has 0 radical (unpaired) electrons. The van der Waals surface area contributed by atoms with E-state index in [9.17, 15) is 18.0 Å². The molecule has 0 amide bonds. The summed E-state index contributed by atoms with van der Waals surface area (Å²) in [7, 11) is 4.37. The number of rotatable bonds is 4. The van der Waals surface area contributed by atoms with Gasteiger partial charge in [0.1, 0.15) is 0 Å². The van der Waals surface area contributed by atoms with E-state index in [1.54, 1.807) is 12.1 Å². The predicted molar refractivity (Wildman–Crippen MR) is 93.6 cm³/mol. The highest BCUT2D eigenvalue weighted by molar-refractivity contribution is 6.17. The van der Waals surface area contributed by atoms with Gasteiger partial charge in [-0.1, -0.05) is 12.1 Å². The third-order valence-corrected chi connectivity index (χ3v) is 4.39. The van der Waals surface area contributed by atoms with E-state index in [1.165, 1.54) is 33.5 Å². The van der Waals surface area contributed by atoms with E-state index in [1.807, 2.05) is 0 Å². The second-order valence-corrected chi connectivity index (χ2v) is 5.97. The van der Waals surface area contributed by atoms with Crippen molar-refractivity contribution in [2.45, 2.75) is 12.6 Å². The summed E-state index contributed by atoms with van der Waals surface area (Å²) < 4.78 is 54.0. The molecule has 0 saturated carbocycles. The number of halogens is 3. The lowest BCUT2D eigenvalue weighted by molar-refractivity contribution is -0.137. The topological polar surface area (TPSA) is 44.8 Å². The molecule has 1 aliphatic carbocycles. The predicted octanol–water partition coefficient (Wildman–Crippen LogP) is 4.55. The molecule has 0 saturated heterocycles. The largest absolute Gasteiger partial charge is 0.493 e. The van der Waals surface area contributed by atoms with E-state index in [0.29, 0.717) is 40.2 Å². The number of carbonyl (C=O) groups is 1. The number of hydrogen-bond acceptors (Lipinski definition) is 4. The van der Waals surface area contributed by atoms with Gasteiger partial charge in [0.15, 0.2) is 17.3 Å². The summed E-state index contributed by atoms with van der Waals surface area (Å²) in [5.41, 5.74) is 1.33. The monoisotopic (exact) mass is 378 g/mol. The fourth-order valence-corrected chi connectivity index (χ4v) is 3.13. The molecule has 1 aliphatic rings. The van der Waals surface area contributed by atoms with Crippen LogP contribution in [0.2, 0.25) is 0 Å². The number of ketones is 1. The lowest BCUT2D eigenvalue weighted by atomic mass is 10.1. The number of carbonyl (C=O) groups excluding carboxylic acids is 1. The average Bonchev–Trinajstić information content (AvgIpc) is 2.95. The first-order valence-electron chi connectivity index (χ1n) is 8.04. The Kier molecular flexibility index (Phi) is 4.87. The van der Waals surface area contributed by atoms with Gasteiger partial charge >= 0.3 is 6.18 Å². The fourth-order valence-electron chi connectivity index (χ4n) is 3.13. The highest BCUT2D eigenvalue weighted by atomic mass is 19.4. The molecule has 142 valence electrons. The van der Waals surface area contributed by atoms with Crippen LogP contribution in [0.3, 0.4) is 0 Å². The summed E-state index contributed by atoms with van der Waals surface area (Å²) in [6.45, 7) is 0. The number of methoxy groups -OCH3 is 3. The second kappa shape index (κ2) is 6.98. The van der Waals surface area contributed by atoms with Crippen molar-refractivity contribution in [3.8, 4) is 17.2 Å². The zero-order valence-electron chi connectivity index (χ0n) is 14.9. The fraction of sp³-hybridized carbons (Fsp3) is 0.250. The summed E-state index contributed by atoms with van der Waals surface area (Å²) in [6.07, 6.45) is -2.49. The quantitative estimate of drug-likeness (QED) is 0.732. The Morgan fingerprint density at radius 2 is 1.59 bits per heavy atom. The number of ether oxygens (including phenoxy) is 3. The SMILES string of the molecule is COc1cc2c(c(OC)c1OC)C(=O)C(=Cc1ccc(C(F)(F)F)cc1)C2. The van der Waals surface area contributed by atoms with Crippen molar-refractivity contribution < 1.29 is 32.2 Å². The van der Waals surface area contributed by atoms with Gasteiger partial charge in [0.2, 0.25) is 5.75 Å². The molecular weight excluding hydrogens is 361 g/mol. The summed E-state index contributed by atoms with van der Waals surface area (Å²) in [5, 5.41) is 0. The molecule has 7 heteroatoms. The molecule has 0 aromatic heterocycles. The Hall–Kier alpha value is -2.96. The average molecular weight is 378 g/mol. The minimum Gasteiger partial charge on any atom is -0.493 e. The van der Waals surface area contributed by atoms with E-state index in [2.05, 4.69) is 0 Å². The van der Waals surface area contributed by atoms with Crippen molar-refractivity contribution in [3.63, 3.8) is 0 Å². The molecule has 2 aromatic carbocycles. The minimum atomic E-state index is -4.40. The zero-order chi connectivity index (χ0) is 19.8. The Balaban J connectivity index is 2.00. The van der Waals surface area contributed by atoms with Crippen molar-refractivity contribution in [1.29, 1.82) is 0 Å². The highest BCUT2D eigenvalue weighted by Crippen LogP contribution is 2.46. The third-order valence-electron chi connectivity index (χ3n) is 4.39. The Labute approximate surface area is 154 Å². The van der Waals surface area contributed by atoms with Crippen molar-refractivity contribution in [3.05, 3.63) is 58.2 Å². The molecule has 0 atom stereocenters. The van der Waals surface area contributed by atoms with Gasteiger partial charge in [-0.2, -0.15) is 13.2 Å². The summed E-state index contributed by atoms with van der Waals surface area (Å²) in [6, 6.07) is 6.37. The number of fused-ring (bicyclic) bond motifs is 1. The highest BCUT2D eigenvalue weighted by Gasteiger charge is 2.33. The number of benzene rings is 2. The van der Waals surface area contributed by atoms with Crippen molar-refractivity contribution in [2.75, 3.05) is 21.3 Å². The van der Waals surface area contributed by atoms with Gasteiger partial charge < -0.3 is 14.2 Å². The first-order valence-corrected chi connectivity index (χ1v) is 8.04. The van der Waals surface area contributed by atoms with E-state index in [4.69, 9.17) is 14.2 Å². The number of hydrogen-bond donors (Lipinski definition) is 0. The molecule has 27 heavy (non-hydrogen) atoms. The maximum Gasteiger partial charge on any atom is 0.416 e. The molecule has 0 N–H and O–H groups in total. The molecule has 3 rings (SSSR count). The molecule has 0 aliphatic heterocycles. The molecule has 2 aromatic rings. The third kappa shape index (κ3) is 3.37. The van der Waals surface area contributed by atoms with E-state index in [0.717, 1.165) is 12.1 Å². The van der Waals surface area contributed by atoms with Gasteiger partial charge in [0.25, 0.3) is 0 Å². The molecule has 0 bridgehead atoms. The van der Waals surface area contributed by atoms with Crippen LogP contribution in [0.5, 0.6) is 17.2 Å². The van der Waals surface area contributed by atoms with Crippen LogP contribution in [0.15, 0.2) is 35.9 Å². The standard InChI is InChI=1S/C20H17F3O4/c1-25-15-10-12-9-13(17(24)16(12)19(27-3)18(15)26-2)8-11-4-6-14(7-5-11)20(21,22)23/h4-8,10H,9H2,1-3H3. The Morgan fingerprint density at radius 3 is 2.11 bits per heavy atom. The van der Waals surface area contributed by atoms with E-state index >= 15 is 0 Å². The minimum absolute atomic E-state index is 0.247. The van der Waals surface area contributed by atoms with Gasteiger partial charge in [0.05, 0.1) is 32.5 Å². The lowest BCUT2D eigenvalue weighted by Gasteiger charge is -2.14. The number of Topliss-reactive ketones (excluding diaryl/α,β-unsaturated/α-hetero) is 1. The normalized spacial score (nSPS) is 15.0. The van der Waals surface area contributed by atoms with Crippen molar-refractivity contribution >= 4 is 11.9 Å². The van der Waals surface area contributed by atoms with Crippen LogP contribution in [0.25, 0.3) is 6.08 Å². The van der Waals surface area contributed by atoms with Crippen LogP contribution in [-0.4, -0.2) is 27.1 Å². The molecule has 0 heterocycles. The summed E-state index contributed by atoms with van der Waals surface area (Å²) >= 11 is 0. The van der Waals surface area contributed by atoms with Gasteiger partial charge in [-0.25, -0.2) is 0 Å². The van der Waals surface area contributed by atoms with Crippen molar-refractivity contribution in [1.82, 2.24) is 0 Å². The molecule has 0 fully saturated rings. The first-order chi connectivity index (χ1) is 12.8. The Morgan fingerprint density at radius 1 is 0.963 bits per heavy atom. The maximum absolute atomic E-state index is 12.9. The molecule has 0 spiro atoms. The van der Waals surface area contributed by atoms with Gasteiger partial charge in [-0.15, -0.1) is 0 Å². The van der Waals surface area contributed by atoms with E-state index in [-0.39, 0.29) is 11.5 Å².